The fourth-order valence-corrected chi connectivity index (χ4v) is 3.11. The summed E-state index contributed by atoms with van der Waals surface area (Å²) >= 11 is 0. The van der Waals surface area contributed by atoms with Crippen LogP contribution in [0.25, 0.3) is 0 Å². The first-order chi connectivity index (χ1) is 10.5. The Hall–Kier alpha value is -2.21. The zero-order valence-corrected chi connectivity index (χ0v) is 12.6. The highest BCUT2D eigenvalue weighted by Gasteiger charge is 2.50. The molecule has 1 saturated heterocycles. The number of carboxylic acids is 1. The molecule has 6 heteroatoms. The average Bonchev–Trinajstić information content (AvgIpc) is 2.73. The lowest BCUT2D eigenvalue weighted by atomic mass is 9.76. The molecule has 1 amide bonds. The van der Waals surface area contributed by atoms with Crippen molar-refractivity contribution in [2.75, 3.05) is 18.2 Å². The van der Waals surface area contributed by atoms with Crippen LogP contribution >= 0.6 is 0 Å². The third kappa shape index (κ3) is 2.11. The van der Waals surface area contributed by atoms with E-state index in [1.165, 1.54) is 11.1 Å². The van der Waals surface area contributed by atoms with E-state index in [2.05, 4.69) is 5.10 Å². The number of anilines is 1. The predicted molar refractivity (Wildman–Crippen MR) is 81.2 cm³/mol. The molecule has 1 aromatic rings. The largest absolute Gasteiger partial charge is 0.478 e. The van der Waals surface area contributed by atoms with Crippen LogP contribution in [0.5, 0.6) is 0 Å². The minimum absolute atomic E-state index is 0.0830. The molecule has 0 atom stereocenters. The van der Waals surface area contributed by atoms with E-state index >= 15 is 0 Å². The molecule has 6 nitrogen and oxygen atoms in total. The number of nitrogens with zero attached hydrogens (tertiary/aromatic N) is 2. The zero-order valence-electron chi connectivity index (χ0n) is 12.6. The van der Waals surface area contributed by atoms with Crippen LogP contribution in [-0.4, -0.2) is 35.9 Å². The van der Waals surface area contributed by atoms with Crippen molar-refractivity contribution in [2.45, 2.75) is 26.7 Å². The number of aryl methyl sites for hydroxylation is 1. The maximum absolute atomic E-state index is 12.9. The minimum Gasteiger partial charge on any atom is -0.478 e. The molecule has 0 saturated carbocycles. The van der Waals surface area contributed by atoms with Crippen molar-refractivity contribution in [2.24, 2.45) is 10.5 Å². The average molecular weight is 302 g/mol. The molecule has 0 bridgehead atoms. The first kappa shape index (κ1) is 14.7. The van der Waals surface area contributed by atoms with Crippen molar-refractivity contribution in [1.29, 1.82) is 0 Å². The maximum Gasteiger partial charge on any atom is 0.337 e. The molecular weight excluding hydrogens is 284 g/mol. The predicted octanol–water partition coefficient (Wildman–Crippen LogP) is 2.21. The maximum atomic E-state index is 12.9. The fraction of sp³-hybridized carbons (Fsp3) is 0.438. The van der Waals surface area contributed by atoms with Gasteiger partial charge < -0.3 is 9.84 Å². The van der Waals surface area contributed by atoms with E-state index in [1.54, 1.807) is 12.1 Å². The first-order valence-electron chi connectivity index (χ1n) is 7.28. The Balaban J connectivity index is 2.06. The Morgan fingerprint density at radius 1 is 1.32 bits per heavy atom. The number of ether oxygens (including phenoxy) is 1. The summed E-state index contributed by atoms with van der Waals surface area (Å²) in [6.07, 6.45) is 1.18. The van der Waals surface area contributed by atoms with Gasteiger partial charge in [0.25, 0.3) is 5.91 Å². The molecule has 0 aliphatic carbocycles. The van der Waals surface area contributed by atoms with Gasteiger partial charge in [-0.05, 0) is 44.4 Å². The van der Waals surface area contributed by atoms with E-state index in [1.807, 2.05) is 13.8 Å². The van der Waals surface area contributed by atoms with Crippen molar-refractivity contribution < 1.29 is 19.4 Å². The lowest BCUT2D eigenvalue weighted by Gasteiger charge is -2.31. The highest BCUT2D eigenvalue weighted by atomic mass is 16.5. The normalized spacial score (nSPS) is 20.4. The van der Waals surface area contributed by atoms with Crippen LogP contribution in [0.3, 0.4) is 0 Å². The SMILES string of the molecule is CC1=NN(c2cc(C)ccc2C(=O)O)C(=O)C12CCOCC2. The van der Waals surface area contributed by atoms with Crippen molar-refractivity contribution >= 4 is 23.3 Å². The van der Waals surface area contributed by atoms with Crippen LogP contribution in [0.1, 0.15) is 35.7 Å². The number of amides is 1. The van der Waals surface area contributed by atoms with E-state index in [4.69, 9.17) is 4.74 Å². The summed E-state index contributed by atoms with van der Waals surface area (Å²) in [6, 6.07) is 4.92. The Labute approximate surface area is 128 Å². The molecule has 0 unspecified atom stereocenters. The van der Waals surface area contributed by atoms with Crippen molar-refractivity contribution in [3.8, 4) is 0 Å². The summed E-state index contributed by atoms with van der Waals surface area (Å²) in [5.74, 6) is -1.22. The summed E-state index contributed by atoms with van der Waals surface area (Å²) in [7, 11) is 0. The van der Waals surface area contributed by atoms with E-state index < -0.39 is 11.4 Å². The standard InChI is InChI=1S/C16H18N2O4/c1-10-3-4-12(14(19)20)13(9-10)18-15(21)16(11(2)17-18)5-7-22-8-6-16/h3-4,9H,5-8H2,1-2H3,(H,19,20). The van der Waals surface area contributed by atoms with Gasteiger partial charge in [-0.3, -0.25) is 4.79 Å². The number of aromatic carboxylic acids is 1. The van der Waals surface area contributed by atoms with E-state index in [9.17, 15) is 14.7 Å². The van der Waals surface area contributed by atoms with Crippen LogP contribution in [0, 0.1) is 12.3 Å². The molecule has 3 rings (SSSR count). The van der Waals surface area contributed by atoms with Gasteiger partial charge in [0.05, 0.1) is 22.4 Å². The summed E-state index contributed by atoms with van der Waals surface area (Å²) in [4.78, 5) is 24.4. The van der Waals surface area contributed by atoms with Gasteiger partial charge in [0, 0.05) is 13.2 Å². The van der Waals surface area contributed by atoms with Gasteiger partial charge in [0.15, 0.2) is 0 Å². The number of carboxylic acid groups (broad SMARTS) is 1. The summed E-state index contributed by atoms with van der Waals surface area (Å²) in [6.45, 7) is 4.73. The smallest absolute Gasteiger partial charge is 0.337 e. The van der Waals surface area contributed by atoms with Crippen molar-refractivity contribution in [1.82, 2.24) is 0 Å². The van der Waals surface area contributed by atoms with Gasteiger partial charge >= 0.3 is 5.97 Å². The molecule has 0 aromatic heterocycles. The third-order valence-corrected chi connectivity index (χ3v) is 4.50. The molecule has 2 heterocycles. The van der Waals surface area contributed by atoms with Crippen LogP contribution in [-0.2, 0) is 9.53 Å². The Bertz CT molecular complexity index is 675. The molecule has 0 radical (unpaired) electrons. The molecule has 22 heavy (non-hydrogen) atoms. The lowest BCUT2D eigenvalue weighted by Crippen LogP contribution is -2.43. The zero-order chi connectivity index (χ0) is 15.9. The number of hydrogen-bond acceptors (Lipinski definition) is 4. The highest BCUT2D eigenvalue weighted by Crippen LogP contribution is 2.41. The number of benzene rings is 1. The van der Waals surface area contributed by atoms with Crippen LogP contribution in [0.2, 0.25) is 0 Å². The number of carbonyl (C=O) groups excluding carboxylic acids is 1. The summed E-state index contributed by atoms with van der Waals surface area (Å²) in [5, 5.41) is 15.0. The fourth-order valence-electron chi connectivity index (χ4n) is 3.11. The van der Waals surface area contributed by atoms with Crippen LogP contribution < -0.4 is 5.01 Å². The second-order valence-electron chi connectivity index (χ2n) is 5.82. The Morgan fingerprint density at radius 3 is 2.64 bits per heavy atom. The number of hydrogen-bond donors (Lipinski definition) is 1. The number of hydrazone groups is 1. The molecule has 1 aromatic carbocycles. The van der Waals surface area contributed by atoms with Gasteiger partial charge in [-0.25, -0.2) is 4.79 Å². The van der Waals surface area contributed by atoms with Gasteiger partial charge in [-0.15, -0.1) is 0 Å². The molecule has 1 spiro atoms. The summed E-state index contributed by atoms with van der Waals surface area (Å²) in [5.41, 5.74) is 1.39. The highest BCUT2D eigenvalue weighted by molar-refractivity contribution is 6.19. The molecule has 2 aliphatic heterocycles. The van der Waals surface area contributed by atoms with Gasteiger partial charge in [0.1, 0.15) is 0 Å². The third-order valence-electron chi connectivity index (χ3n) is 4.50. The van der Waals surface area contributed by atoms with E-state index in [0.717, 1.165) is 11.3 Å². The second kappa shape index (κ2) is 5.21. The minimum atomic E-state index is -1.07. The first-order valence-corrected chi connectivity index (χ1v) is 7.28. The molecule has 2 aliphatic rings. The quantitative estimate of drug-likeness (QED) is 0.908. The monoisotopic (exact) mass is 302 g/mol. The van der Waals surface area contributed by atoms with Crippen molar-refractivity contribution in [3.63, 3.8) is 0 Å². The van der Waals surface area contributed by atoms with Crippen LogP contribution in [0.15, 0.2) is 23.3 Å². The topological polar surface area (TPSA) is 79.2 Å². The number of rotatable bonds is 2. The Morgan fingerprint density at radius 2 is 2.00 bits per heavy atom. The van der Waals surface area contributed by atoms with Gasteiger partial charge in [0.2, 0.25) is 0 Å². The second-order valence-corrected chi connectivity index (χ2v) is 5.82. The molecule has 1 N–H and O–H groups in total. The van der Waals surface area contributed by atoms with Gasteiger partial charge in [-0.1, -0.05) is 6.07 Å². The molecule has 1 fully saturated rings. The van der Waals surface area contributed by atoms with Gasteiger partial charge in [-0.2, -0.15) is 10.1 Å². The van der Waals surface area contributed by atoms with Crippen LogP contribution in [0.4, 0.5) is 5.69 Å². The number of carbonyl (C=O) groups is 2. The molecule has 116 valence electrons. The summed E-state index contributed by atoms with van der Waals surface area (Å²) < 4.78 is 5.36. The van der Waals surface area contributed by atoms with E-state index in [-0.39, 0.29) is 11.5 Å². The molecular formula is C16H18N2O4. The van der Waals surface area contributed by atoms with E-state index in [0.29, 0.717) is 31.7 Å². The van der Waals surface area contributed by atoms with Crippen molar-refractivity contribution in [3.05, 3.63) is 29.3 Å². The lowest BCUT2D eigenvalue weighted by molar-refractivity contribution is -0.127. The Kier molecular flexibility index (Phi) is 3.48.